The van der Waals surface area contributed by atoms with Crippen molar-refractivity contribution in [3.8, 4) is 10.8 Å². The number of aromatic nitrogens is 1. The average Bonchev–Trinajstić information content (AvgIpc) is 3.20. The minimum Gasteiger partial charge on any atom is -0.440 e. The number of ether oxygens (including phenoxy) is 1. The summed E-state index contributed by atoms with van der Waals surface area (Å²) in [5.41, 5.74) is 0.977. The first-order valence-electron chi connectivity index (χ1n) is 9.17. The molecule has 3 aliphatic rings. The molecule has 5 heterocycles. The van der Waals surface area contributed by atoms with E-state index in [-0.39, 0.29) is 17.9 Å². The smallest absolute Gasteiger partial charge is 0.236 e. The molecule has 0 aromatic carbocycles. The summed E-state index contributed by atoms with van der Waals surface area (Å²) >= 11 is 1.63. The molecule has 3 fully saturated rings. The molecule has 0 N–H and O–H groups in total. The van der Waals surface area contributed by atoms with E-state index in [1.807, 2.05) is 29.3 Å². The molecule has 5 rings (SSSR count). The van der Waals surface area contributed by atoms with Crippen molar-refractivity contribution in [3.05, 3.63) is 29.0 Å². The number of amides is 1. The number of nitrogens with zero attached hydrogens (tertiary/aromatic N) is 3. The molecule has 6 nitrogen and oxygen atoms in total. The second-order valence-electron chi connectivity index (χ2n) is 7.15. The van der Waals surface area contributed by atoms with Crippen LogP contribution in [0, 0.1) is 12.8 Å². The molecule has 3 aliphatic heterocycles. The molecule has 0 aliphatic carbocycles. The normalized spacial score (nSPS) is 23.6. The summed E-state index contributed by atoms with van der Waals surface area (Å²) in [6, 6.07) is 4.31. The van der Waals surface area contributed by atoms with Gasteiger partial charge in [0.1, 0.15) is 5.76 Å². The van der Waals surface area contributed by atoms with Crippen LogP contribution < -0.4 is 0 Å². The number of hydrogen-bond acceptors (Lipinski definition) is 6. The first-order chi connectivity index (χ1) is 12.7. The van der Waals surface area contributed by atoms with E-state index in [9.17, 15) is 4.79 Å². The second-order valence-corrected chi connectivity index (χ2v) is 8.09. The summed E-state index contributed by atoms with van der Waals surface area (Å²) in [7, 11) is 1.69. The van der Waals surface area contributed by atoms with Crippen molar-refractivity contribution in [1.82, 2.24) is 14.8 Å². The number of oxazole rings is 1. The highest BCUT2D eigenvalue weighted by atomic mass is 32.1. The quantitative estimate of drug-likeness (QED) is 0.777. The topological polar surface area (TPSA) is 58.8 Å². The van der Waals surface area contributed by atoms with Crippen LogP contribution in [0.1, 0.15) is 24.3 Å². The van der Waals surface area contributed by atoms with Gasteiger partial charge in [-0.15, -0.1) is 11.3 Å². The van der Waals surface area contributed by atoms with Gasteiger partial charge in [-0.2, -0.15) is 0 Å². The lowest BCUT2D eigenvalue weighted by atomic mass is 9.94. The van der Waals surface area contributed by atoms with E-state index in [2.05, 4.69) is 4.90 Å². The third kappa shape index (κ3) is 3.43. The molecule has 3 saturated heterocycles. The Kier molecular flexibility index (Phi) is 5.11. The van der Waals surface area contributed by atoms with Gasteiger partial charge in [-0.05, 0) is 31.2 Å². The number of aryl methyl sites for hydroxylation is 1. The number of piperidine rings is 1. The number of hydrogen-bond donors (Lipinski definition) is 0. The van der Waals surface area contributed by atoms with Crippen LogP contribution in [0.5, 0.6) is 0 Å². The fraction of sp³-hybridized carbons (Fsp3) is 0.579. The van der Waals surface area contributed by atoms with Crippen LogP contribution in [-0.4, -0.2) is 60.1 Å². The van der Waals surface area contributed by atoms with Crippen LogP contribution in [-0.2, 0) is 16.1 Å². The maximum absolute atomic E-state index is 12.7. The number of fused-ring (bicyclic) bond motifs is 4. The van der Waals surface area contributed by atoms with E-state index in [0.717, 1.165) is 48.8 Å². The Morgan fingerprint density at radius 2 is 2.27 bits per heavy atom. The van der Waals surface area contributed by atoms with E-state index in [4.69, 9.17) is 14.1 Å². The van der Waals surface area contributed by atoms with Crippen molar-refractivity contribution in [2.45, 2.75) is 32.4 Å². The monoisotopic (exact) mass is 375 g/mol. The SMILES string of the molecule is COCCN1C(=O)C2CCC1CN(Cc1nc(-c3cccs3)oc1C)C2. The van der Waals surface area contributed by atoms with E-state index in [1.54, 1.807) is 18.4 Å². The van der Waals surface area contributed by atoms with Gasteiger partial charge in [0.05, 0.1) is 23.1 Å². The number of carbonyl (C=O) groups is 1. The summed E-state index contributed by atoms with van der Waals surface area (Å²) in [4.78, 5) is 22.9. The third-order valence-electron chi connectivity index (χ3n) is 5.40. The van der Waals surface area contributed by atoms with Crippen molar-refractivity contribution in [3.63, 3.8) is 0 Å². The fourth-order valence-electron chi connectivity index (χ4n) is 4.03. The van der Waals surface area contributed by atoms with Crippen molar-refractivity contribution in [1.29, 1.82) is 0 Å². The van der Waals surface area contributed by atoms with Gasteiger partial charge in [0.2, 0.25) is 11.8 Å². The molecule has 2 atom stereocenters. The zero-order valence-corrected chi connectivity index (χ0v) is 16.1. The van der Waals surface area contributed by atoms with E-state index in [0.29, 0.717) is 19.0 Å². The van der Waals surface area contributed by atoms with E-state index >= 15 is 0 Å². The van der Waals surface area contributed by atoms with Gasteiger partial charge in [-0.25, -0.2) is 4.98 Å². The second kappa shape index (κ2) is 7.50. The molecule has 2 aromatic heterocycles. The van der Waals surface area contributed by atoms with Gasteiger partial charge in [0.25, 0.3) is 0 Å². The summed E-state index contributed by atoms with van der Waals surface area (Å²) < 4.78 is 11.1. The van der Waals surface area contributed by atoms with Gasteiger partial charge < -0.3 is 14.1 Å². The van der Waals surface area contributed by atoms with Gasteiger partial charge in [-0.1, -0.05) is 6.07 Å². The molecule has 0 spiro atoms. The Bertz CT molecular complexity index is 758. The molecule has 7 heteroatoms. The van der Waals surface area contributed by atoms with Gasteiger partial charge in [-0.3, -0.25) is 9.69 Å². The highest BCUT2D eigenvalue weighted by Crippen LogP contribution is 2.31. The number of carbonyl (C=O) groups excluding carboxylic acids is 1. The van der Waals surface area contributed by atoms with Crippen LogP contribution in [0.25, 0.3) is 10.8 Å². The van der Waals surface area contributed by atoms with Gasteiger partial charge in [0, 0.05) is 39.3 Å². The zero-order valence-electron chi connectivity index (χ0n) is 15.3. The summed E-state index contributed by atoms with van der Waals surface area (Å²) in [5.74, 6) is 1.95. The minimum atomic E-state index is 0.0922. The molecule has 0 saturated carbocycles. The third-order valence-corrected chi connectivity index (χ3v) is 6.26. The van der Waals surface area contributed by atoms with Crippen LogP contribution in [0.2, 0.25) is 0 Å². The largest absolute Gasteiger partial charge is 0.440 e. The predicted molar refractivity (Wildman–Crippen MR) is 99.9 cm³/mol. The number of methoxy groups -OCH3 is 1. The Morgan fingerprint density at radius 3 is 3.04 bits per heavy atom. The number of thiophene rings is 1. The molecule has 2 bridgehead atoms. The molecule has 0 radical (unpaired) electrons. The van der Waals surface area contributed by atoms with Crippen LogP contribution in [0.3, 0.4) is 0 Å². The van der Waals surface area contributed by atoms with Crippen LogP contribution in [0.15, 0.2) is 21.9 Å². The first-order valence-corrected chi connectivity index (χ1v) is 10.1. The molecule has 2 unspecified atom stereocenters. The summed E-state index contributed by atoms with van der Waals surface area (Å²) in [6.07, 6.45) is 2.07. The molecular formula is C19H25N3O3S. The Hall–Kier alpha value is -1.70. The lowest BCUT2D eigenvalue weighted by molar-refractivity contribution is -0.140. The molecule has 26 heavy (non-hydrogen) atoms. The van der Waals surface area contributed by atoms with Crippen LogP contribution >= 0.6 is 11.3 Å². The van der Waals surface area contributed by atoms with Crippen molar-refractivity contribution in [2.24, 2.45) is 5.92 Å². The van der Waals surface area contributed by atoms with E-state index < -0.39 is 0 Å². The van der Waals surface area contributed by atoms with Gasteiger partial charge in [0.15, 0.2) is 0 Å². The Morgan fingerprint density at radius 1 is 1.38 bits per heavy atom. The highest BCUT2D eigenvalue weighted by Gasteiger charge is 2.40. The van der Waals surface area contributed by atoms with Gasteiger partial charge >= 0.3 is 0 Å². The van der Waals surface area contributed by atoms with Crippen molar-refractivity contribution >= 4 is 17.2 Å². The fourth-order valence-corrected chi connectivity index (χ4v) is 4.68. The molecule has 1 amide bonds. The zero-order chi connectivity index (χ0) is 18.1. The maximum atomic E-state index is 12.7. The average molecular weight is 375 g/mol. The van der Waals surface area contributed by atoms with Crippen molar-refractivity contribution < 1.29 is 13.9 Å². The minimum absolute atomic E-state index is 0.0922. The molecular weight excluding hydrogens is 350 g/mol. The molecule has 2 aromatic rings. The van der Waals surface area contributed by atoms with E-state index in [1.165, 1.54) is 0 Å². The van der Waals surface area contributed by atoms with Crippen molar-refractivity contribution in [2.75, 3.05) is 33.4 Å². The Balaban J connectivity index is 1.49. The lowest BCUT2D eigenvalue weighted by Gasteiger charge is -2.35. The summed E-state index contributed by atoms with van der Waals surface area (Å²) in [5, 5.41) is 2.03. The predicted octanol–water partition coefficient (Wildman–Crippen LogP) is 2.78. The van der Waals surface area contributed by atoms with Crippen LogP contribution in [0.4, 0.5) is 0 Å². The summed E-state index contributed by atoms with van der Waals surface area (Å²) in [6.45, 7) is 5.70. The number of rotatable bonds is 6. The first kappa shape index (κ1) is 17.7. The standard InChI is InChI=1S/C19H25N3O3S/c1-13-16(20-18(25-13)17-4-3-9-26-17)12-21-10-14-5-6-15(11-21)22(19(14)23)7-8-24-2/h3-4,9,14-15H,5-8,10-12H2,1-2H3. The molecule has 140 valence electrons. The highest BCUT2D eigenvalue weighted by molar-refractivity contribution is 7.13. The maximum Gasteiger partial charge on any atom is 0.236 e. The lowest BCUT2D eigenvalue weighted by Crippen LogP contribution is -2.49. The Labute approximate surface area is 157 Å².